The predicted molar refractivity (Wildman–Crippen MR) is 139 cm³/mol. The minimum Gasteiger partial charge on any atom is -0.493 e. The molecule has 0 spiro atoms. The Morgan fingerprint density at radius 1 is 0.950 bits per heavy atom. The fourth-order valence-electron chi connectivity index (χ4n) is 4.48. The van der Waals surface area contributed by atoms with E-state index in [0.29, 0.717) is 40.1 Å². The number of halogens is 4. The van der Waals surface area contributed by atoms with Crippen LogP contribution in [0.3, 0.4) is 0 Å². The normalized spacial score (nSPS) is 13.6. The number of carbonyl (C=O) groups is 2. The van der Waals surface area contributed by atoms with Crippen molar-refractivity contribution in [1.29, 1.82) is 0 Å². The van der Waals surface area contributed by atoms with Crippen molar-refractivity contribution in [3.63, 3.8) is 0 Å². The molecule has 0 unspecified atom stereocenters. The fourth-order valence-corrected chi connectivity index (χ4v) is 4.48. The van der Waals surface area contributed by atoms with Gasteiger partial charge in [-0.15, -0.1) is 0 Å². The van der Waals surface area contributed by atoms with Gasteiger partial charge in [0.15, 0.2) is 11.6 Å². The van der Waals surface area contributed by atoms with E-state index >= 15 is 0 Å². The Morgan fingerprint density at radius 3 is 2.38 bits per heavy atom. The Balaban J connectivity index is 1.51. The van der Waals surface area contributed by atoms with E-state index in [2.05, 4.69) is 10.3 Å². The summed E-state index contributed by atoms with van der Waals surface area (Å²) in [5, 5.41) is 2.91. The van der Waals surface area contributed by atoms with E-state index in [1.807, 2.05) is 0 Å². The number of aromatic nitrogens is 1. The highest BCUT2D eigenvalue weighted by Crippen LogP contribution is 2.38. The fraction of sp³-hybridized carbons (Fsp3) is 0.233. The number of methoxy groups -OCH3 is 1. The number of amides is 1. The Kier molecular flexibility index (Phi) is 7.68. The number of fused-ring (bicyclic) bond motifs is 1. The molecular formula is C30H24F4N2O4. The van der Waals surface area contributed by atoms with Crippen molar-refractivity contribution >= 4 is 22.8 Å². The van der Waals surface area contributed by atoms with E-state index in [1.165, 1.54) is 6.20 Å². The van der Waals surface area contributed by atoms with Crippen LogP contribution in [0.15, 0.2) is 60.8 Å². The Bertz CT molecular complexity index is 1590. The number of pyridine rings is 1. The van der Waals surface area contributed by atoms with Gasteiger partial charge in [0.1, 0.15) is 29.0 Å². The highest BCUT2D eigenvalue weighted by atomic mass is 19.2. The molecule has 40 heavy (non-hydrogen) atoms. The molecule has 3 aromatic carbocycles. The van der Waals surface area contributed by atoms with Crippen LogP contribution in [0, 0.1) is 29.2 Å². The number of nitrogens with zero attached hydrogens (tertiary/aromatic N) is 1. The van der Waals surface area contributed by atoms with Gasteiger partial charge in [-0.3, -0.25) is 9.78 Å². The van der Waals surface area contributed by atoms with Gasteiger partial charge in [0.25, 0.3) is 5.91 Å². The number of ether oxygens (including phenoxy) is 2. The smallest absolute Gasteiger partial charge is 0.328 e. The van der Waals surface area contributed by atoms with Crippen LogP contribution in [-0.4, -0.2) is 36.6 Å². The summed E-state index contributed by atoms with van der Waals surface area (Å²) in [6, 6.07) is 10.4. The maximum atomic E-state index is 14.4. The molecule has 1 aromatic heterocycles. The van der Waals surface area contributed by atoms with Gasteiger partial charge in [-0.25, -0.2) is 22.4 Å². The van der Waals surface area contributed by atoms with E-state index < -0.39 is 46.8 Å². The first kappa shape index (κ1) is 27.1. The zero-order chi connectivity index (χ0) is 28.4. The van der Waals surface area contributed by atoms with Gasteiger partial charge in [-0.1, -0.05) is 24.3 Å². The van der Waals surface area contributed by atoms with Crippen LogP contribution in [0.1, 0.15) is 28.8 Å². The summed E-state index contributed by atoms with van der Waals surface area (Å²) in [7, 11) is 1.13. The number of benzene rings is 3. The first-order valence-corrected chi connectivity index (χ1v) is 12.6. The average Bonchev–Trinajstić information content (AvgIpc) is 3.77. The minimum absolute atomic E-state index is 0.111. The molecule has 0 aliphatic heterocycles. The number of hydrogen-bond donors (Lipinski definition) is 1. The number of rotatable bonds is 9. The van der Waals surface area contributed by atoms with E-state index in [-0.39, 0.29) is 12.2 Å². The average molecular weight is 553 g/mol. The lowest BCUT2D eigenvalue weighted by Crippen LogP contribution is -2.43. The van der Waals surface area contributed by atoms with Crippen LogP contribution in [0.5, 0.6) is 5.75 Å². The lowest BCUT2D eigenvalue weighted by Gasteiger charge is -2.19. The molecule has 1 amide bonds. The summed E-state index contributed by atoms with van der Waals surface area (Å²) in [4.78, 5) is 29.8. The number of esters is 1. The van der Waals surface area contributed by atoms with Crippen LogP contribution in [0.4, 0.5) is 17.6 Å². The summed E-state index contributed by atoms with van der Waals surface area (Å²) in [5.74, 6) is -5.63. The van der Waals surface area contributed by atoms with Crippen molar-refractivity contribution < 1.29 is 36.6 Å². The molecule has 4 aromatic rings. The van der Waals surface area contributed by atoms with E-state index in [1.54, 1.807) is 24.3 Å². The molecule has 0 radical (unpaired) electrons. The maximum Gasteiger partial charge on any atom is 0.328 e. The molecule has 10 heteroatoms. The molecule has 1 heterocycles. The molecule has 0 saturated heterocycles. The van der Waals surface area contributed by atoms with E-state index in [0.717, 1.165) is 50.3 Å². The second-order valence-electron chi connectivity index (χ2n) is 9.54. The monoisotopic (exact) mass is 552 g/mol. The third-order valence-corrected chi connectivity index (χ3v) is 6.75. The summed E-state index contributed by atoms with van der Waals surface area (Å²) in [5.41, 5.74) is 0.908. The van der Waals surface area contributed by atoms with Gasteiger partial charge in [0, 0.05) is 35.2 Å². The molecule has 5 rings (SSSR count). The molecule has 206 valence electrons. The molecular weight excluding hydrogens is 528 g/mol. The predicted octanol–water partition coefficient (Wildman–Crippen LogP) is 5.76. The first-order valence-electron chi connectivity index (χ1n) is 12.6. The molecule has 1 saturated carbocycles. The van der Waals surface area contributed by atoms with Gasteiger partial charge >= 0.3 is 5.97 Å². The molecule has 1 aliphatic rings. The lowest BCUT2D eigenvalue weighted by molar-refractivity contribution is -0.142. The summed E-state index contributed by atoms with van der Waals surface area (Å²) >= 11 is 0. The second kappa shape index (κ2) is 11.3. The zero-order valence-corrected chi connectivity index (χ0v) is 21.3. The van der Waals surface area contributed by atoms with E-state index in [4.69, 9.17) is 9.47 Å². The van der Waals surface area contributed by atoms with Crippen LogP contribution in [0.25, 0.3) is 22.0 Å². The van der Waals surface area contributed by atoms with Crippen LogP contribution in [0.2, 0.25) is 0 Å². The van der Waals surface area contributed by atoms with Crippen LogP contribution < -0.4 is 10.1 Å². The van der Waals surface area contributed by atoms with Crippen LogP contribution in [-0.2, 0) is 16.0 Å². The Hall–Kier alpha value is -4.47. The quantitative estimate of drug-likeness (QED) is 0.211. The van der Waals surface area contributed by atoms with Crippen LogP contribution >= 0.6 is 0 Å². The molecule has 0 bridgehead atoms. The van der Waals surface area contributed by atoms with Gasteiger partial charge in [0.05, 0.1) is 19.2 Å². The topological polar surface area (TPSA) is 77.5 Å². The largest absolute Gasteiger partial charge is 0.493 e. The maximum absolute atomic E-state index is 14.4. The van der Waals surface area contributed by atoms with Crippen molar-refractivity contribution in [3.05, 3.63) is 95.2 Å². The molecule has 1 atom stereocenters. The Morgan fingerprint density at radius 2 is 1.68 bits per heavy atom. The van der Waals surface area contributed by atoms with Gasteiger partial charge in [0.2, 0.25) is 0 Å². The third-order valence-electron chi connectivity index (χ3n) is 6.75. The molecule has 1 fully saturated rings. The van der Waals surface area contributed by atoms with Crippen molar-refractivity contribution in [2.75, 3.05) is 13.7 Å². The third kappa shape index (κ3) is 5.61. The number of nitrogens with one attached hydrogen (secondary N) is 1. The van der Waals surface area contributed by atoms with Crippen molar-refractivity contribution in [1.82, 2.24) is 10.3 Å². The van der Waals surface area contributed by atoms with Crippen molar-refractivity contribution in [2.24, 2.45) is 5.92 Å². The lowest BCUT2D eigenvalue weighted by atomic mass is 9.94. The molecule has 1 N–H and O–H groups in total. The first-order chi connectivity index (χ1) is 19.3. The summed E-state index contributed by atoms with van der Waals surface area (Å²) < 4.78 is 67.5. The standard InChI is InChI=1S/C30H24F4N2O4/c1-39-30(38)25(36-29(37)27-21(31)5-2-6-22(27)32)12-17-9-10-19(28-18(17)4-3-11-35-28)20-13-23(33)24(34)14-26(20)40-15-16-7-8-16/h2-6,9-11,13-14,16,25H,7-8,12,15H2,1H3,(H,36,37)/t25-/m0/s1. The Labute approximate surface area is 226 Å². The SMILES string of the molecule is COC(=O)[C@H](Cc1ccc(-c2cc(F)c(F)cc2OCC2CC2)c2ncccc12)NC(=O)c1c(F)cccc1F. The molecule has 6 nitrogen and oxygen atoms in total. The van der Waals surface area contributed by atoms with E-state index in [9.17, 15) is 27.2 Å². The minimum atomic E-state index is -1.30. The highest BCUT2D eigenvalue weighted by Gasteiger charge is 2.28. The number of hydrogen-bond acceptors (Lipinski definition) is 5. The van der Waals surface area contributed by atoms with Crippen molar-refractivity contribution in [3.8, 4) is 16.9 Å². The van der Waals surface area contributed by atoms with Gasteiger partial charge in [-0.2, -0.15) is 0 Å². The van der Waals surface area contributed by atoms with Gasteiger partial charge < -0.3 is 14.8 Å². The highest BCUT2D eigenvalue weighted by molar-refractivity contribution is 5.99. The molecule has 1 aliphatic carbocycles. The zero-order valence-electron chi connectivity index (χ0n) is 21.3. The van der Waals surface area contributed by atoms with Crippen molar-refractivity contribution in [2.45, 2.75) is 25.3 Å². The van der Waals surface area contributed by atoms with Gasteiger partial charge in [-0.05, 0) is 48.6 Å². The second-order valence-corrected chi connectivity index (χ2v) is 9.54. The summed E-state index contributed by atoms with van der Waals surface area (Å²) in [6.45, 7) is 0.380. The summed E-state index contributed by atoms with van der Waals surface area (Å²) in [6.07, 6.45) is 3.44. The number of carbonyl (C=O) groups excluding carboxylic acids is 2.